The molecule has 0 atom stereocenters. The molecule has 0 aliphatic heterocycles. The number of amides is 1. The Labute approximate surface area is 154 Å². The van der Waals surface area contributed by atoms with Crippen molar-refractivity contribution in [1.29, 1.82) is 0 Å². The van der Waals surface area contributed by atoms with Gasteiger partial charge in [-0.15, -0.1) is 5.10 Å². The van der Waals surface area contributed by atoms with Crippen LogP contribution in [-0.2, 0) is 0 Å². The quantitative estimate of drug-likeness (QED) is 0.567. The minimum absolute atomic E-state index is 0.0107. The number of hydrogen-bond acceptors (Lipinski definition) is 5. The third kappa shape index (κ3) is 3.30. The van der Waals surface area contributed by atoms with E-state index in [0.717, 1.165) is 5.69 Å². The van der Waals surface area contributed by atoms with E-state index in [-0.39, 0.29) is 11.6 Å². The van der Waals surface area contributed by atoms with Gasteiger partial charge in [0.15, 0.2) is 5.78 Å². The molecular weight excluding hydrogens is 342 g/mol. The molecule has 1 N–H and O–H groups in total. The summed E-state index contributed by atoms with van der Waals surface area (Å²) in [6.45, 7) is 1.85. The van der Waals surface area contributed by atoms with Crippen molar-refractivity contribution in [2.45, 2.75) is 6.92 Å². The second-order valence-corrected chi connectivity index (χ2v) is 5.96. The molecular formula is C20H15N5O2. The lowest BCUT2D eigenvalue weighted by atomic mass is 10.0. The maximum Gasteiger partial charge on any atom is 0.295 e. The fourth-order valence-electron chi connectivity index (χ4n) is 2.68. The molecule has 4 aromatic rings. The van der Waals surface area contributed by atoms with Crippen LogP contribution in [0, 0.1) is 6.92 Å². The van der Waals surface area contributed by atoms with Crippen molar-refractivity contribution in [2.24, 2.45) is 0 Å². The zero-order valence-corrected chi connectivity index (χ0v) is 14.5. The van der Waals surface area contributed by atoms with E-state index in [1.165, 1.54) is 4.52 Å². The topological polar surface area (TPSA) is 89.2 Å². The van der Waals surface area contributed by atoms with Gasteiger partial charge in [-0.1, -0.05) is 42.5 Å². The van der Waals surface area contributed by atoms with E-state index in [1.54, 1.807) is 48.7 Å². The van der Waals surface area contributed by atoms with Gasteiger partial charge in [0.2, 0.25) is 5.82 Å². The van der Waals surface area contributed by atoms with E-state index in [1.807, 2.05) is 25.1 Å². The average Bonchev–Trinajstić information content (AvgIpc) is 3.14. The first-order chi connectivity index (χ1) is 13.1. The van der Waals surface area contributed by atoms with Gasteiger partial charge in [0.25, 0.3) is 11.7 Å². The number of aromatic nitrogens is 4. The molecule has 27 heavy (non-hydrogen) atoms. The number of nitrogens with zero attached hydrogens (tertiary/aromatic N) is 4. The number of carbonyl (C=O) groups is 2. The Kier molecular flexibility index (Phi) is 4.18. The first-order valence-corrected chi connectivity index (χ1v) is 8.31. The second kappa shape index (κ2) is 6.80. The number of fused-ring (bicyclic) bond motifs is 1. The monoisotopic (exact) mass is 357 g/mol. The molecule has 0 saturated heterocycles. The van der Waals surface area contributed by atoms with Crippen LogP contribution >= 0.6 is 0 Å². The van der Waals surface area contributed by atoms with Gasteiger partial charge >= 0.3 is 0 Å². The number of carbonyl (C=O) groups excluding carboxylic acids is 2. The maximum absolute atomic E-state index is 12.6. The Morgan fingerprint density at radius 2 is 1.74 bits per heavy atom. The molecule has 7 heteroatoms. The molecule has 0 aliphatic carbocycles. The Morgan fingerprint density at radius 3 is 2.52 bits per heavy atom. The molecule has 1 amide bonds. The van der Waals surface area contributed by atoms with Crippen molar-refractivity contribution >= 4 is 23.2 Å². The molecule has 0 bridgehead atoms. The summed E-state index contributed by atoms with van der Waals surface area (Å²) in [5, 5.41) is 6.91. The zero-order valence-electron chi connectivity index (χ0n) is 14.5. The highest BCUT2D eigenvalue weighted by atomic mass is 16.2. The number of anilines is 1. The number of hydrogen-bond donors (Lipinski definition) is 1. The Balaban J connectivity index is 1.58. The zero-order chi connectivity index (χ0) is 18.8. The number of ketones is 1. The predicted molar refractivity (Wildman–Crippen MR) is 99.8 cm³/mol. The molecule has 2 heterocycles. The number of aryl methyl sites for hydroxylation is 1. The normalized spacial score (nSPS) is 10.7. The van der Waals surface area contributed by atoms with Crippen LogP contribution in [0.5, 0.6) is 0 Å². The molecule has 2 aromatic heterocycles. The Morgan fingerprint density at radius 1 is 0.963 bits per heavy atom. The van der Waals surface area contributed by atoms with E-state index in [2.05, 4.69) is 20.4 Å². The molecule has 132 valence electrons. The number of nitrogens with one attached hydrogen (secondary N) is 1. The van der Waals surface area contributed by atoms with Crippen LogP contribution in [0.25, 0.3) is 5.78 Å². The first-order valence-electron chi connectivity index (χ1n) is 8.31. The van der Waals surface area contributed by atoms with Crippen LogP contribution in [0.3, 0.4) is 0 Å². The smallest absolute Gasteiger partial charge is 0.295 e. The van der Waals surface area contributed by atoms with Crippen molar-refractivity contribution in [3.05, 3.63) is 89.5 Å². The van der Waals surface area contributed by atoms with Crippen LogP contribution in [0.2, 0.25) is 0 Å². The molecule has 0 saturated carbocycles. The molecule has 0 aliphatic rings. The molecule has 7 nitrogen and oxygen atoms in total. The van der Waals surface area contributed by atoms with Crippen LogP contribution in [0.1, 0.15) is 32.2 Å². The van der Waals surface area contributed by atoms with Gasteiger partial charge in [-0.2, -0.15) is 4.98 Å². The fraction of sp³-hybridized carbons (Fsp3) is 0.0500. The summed E-state index contributed by atoms with van der Waals surface area (Å²) in [4.78, 5) is 33.3. The second-order valence-electron chi connectivity index (χ2n) is 5.96. The molecule has 0 spiro atoms. The van der Waals surface area contributed by atoms with Crippen LogP contribution in [0.15, 0.2) is 66.9 Å². The van der Waals surface area contributed by atoms with Gasteiger partial charge in [0, 0.05) is 28.7 Å². The molecule has 4 rings (SSSR count). The van der Waals surface area contributed by atoms with Crippen molar-refractivity contribution < 1.29 is 9.59 Å². The minimum atomic E-state index is -0.468. The SMILES string of the molecule is Cc1ccnc2nc(C(=O)Nc3cccc(C(=O)c4ccccc4)c3)nn12. The highest BCUT2D eigenvalue weighted by molar-refractivity contribution is 6.10. The Bertz CT molecular complexity index is 1150. The van der Waals surface area contributed by atoms with E-state index in [9.17, 15) is 9.59 Å². The van der Waals surface area contributed by atoms with E-state index in [4.69, 9.17) is 0 Å². The van der Waals surface area contributed by atoms with E-state index in [0.29, 0.717) is 22.6 Å². The predicted octanol–water partition coefficient (Wildman–Crippen LogP) is 2.92. The molecule has 0 radical (unpaired) electrons. The van der Waals surface area contributed by atoms with E-state index >= 15 is 0 Å². The van der Waals surface area contributed by atoms with E-state index < -0.39 is 5.91 Å². The summed E-state index contributed by atoms with van der Waals surface area (Å²) < 4.78 is 1.50. The van der Waals surface area contributed by atoms with Gasteiger partial charge in [-0.25, -0.2) is 9.50 Å². The number of rotatable bonds is 4. The fourth-order valence-corrected chi connectivity index (χ4v) is 2.68. The summed E-state index contributed by atoms with van der Waals surface area (Å²) in [7, 11) is 0. The summed E-state index contributed by atoms with van der Waals surface area (Å²) in [5.41, 5.74) is 2.39. The van der Waals surface area contributed by atoms with Crippen LogP contribution in [-0.4, -0.2) is 31.3 Å². The van der Waals surface area contributed by atoms with Gasteiger partial charge in [0.1, 0.15) is 0 Å². The lowest BCUT2D eigenvalue weighted by Crippen LogP contribution is -2.14. The summed E-state index contributed by atoms with van der Waals surface area (Å²) >= 11 is 0. The Hall–Kier alpha value is -3.87. The molecule has 2 aromatic carbocycles. The van der Waals surface area contributed by atoms with Crippen molar-refractivity contribution in [1.82, 2.24) is 19.6 Å². The van der Waals surface area contributed by atoms with Gasteiger partial charge in [-0.3, -0.25) is 9.59 Å². The summed E-state index contributed by atoms with van der Waals surface area (Å²) in [5.74, 6) is -0.216. The lowest BCUT2D eigenvalue weighted by molar-refractivity contribution is 0.101. The summed E-state index contributed by atoms with van der Waals surface area (Å²) in [6.07, 6.45) is 1.61. The van der Waals surface area contributed by atoms with Crippen LogP contribution in [0.4, 0.5) is 5.69 Å². The van der Waals surface area contributed by atoms with Crippen molar-refractivity contribution in [3.8, 4) is 0 Å². The first kappa shape index (κ1) is 16.6. The largest absolute Gasteiger partial charge is 0.319 e. The minimum Gasteiger partial charge on any atom is -0.319 e. The molecule has 0 fully saturated rings. The van der Waals surface area contributed by atoms with Gasteiger partial charge in [-0.05, 0) is 25.1 Å². The van der Waals surface area contributed by atoms with Gasteiger partial charge < -0.3 is 5.32 Å². The van der Waals surface area contributed by atoms with Crippen molar-refractivity contribution in [3.63, 3.8) is 0 Å². The third-order valence-corrected chi connectivity index (χ3v) is 4.05. The number of benzene rings is 2. The highest BCUT2D eigenvalue weighted by Gasteiger charge is 2.15. The molecule has 0 unspecified atom stereocenters. The third-order valence-electron chi connectivity index (χ3n) is 4.05. The average molecular weight is 357 g/mol. The standard InChI is InChI=1S/C20H15N5O2/c1-13-10-11-21-20-23-18(24-25(13)20)19(27)22-16-9-5-8-15(12-16)17(26)14-6-3-2-4-7-14/h2-12H,1H3,(H,22,27). The highest BCUT2D eigenvalue weighted by Crippen LogP contribution is 2.15. The maximum atomic E-state index is 12.6. The summed E-state index contributed by atoms with van der Waals surface area (Å²) in [6, 6.07) is 17.5. The van der Waals surface area contributed by atoms with Crippen molar-refractivity contribution in [2.75, 3.05) is 5.32 Å². The lowest BCUT2D eigenvalue weighted by Gasteiger charge is -2.06. The van der Waals surface area contributed by atoms with Crippen LogP contribution < -0.4 is 5.32 Å². The van der Waals surface area contributed by atoms with Gasteiger partial charge in [0.05, 0.1) is 0 Å².